The number of hydrogen-bond acceptors (Lipinski definition) is 3. The Morgan fingerprint density at radius 2 is 2.25 bits per heavy atom. The molecule has 0 aromatic heterocycles. The highest BCUT2D eigenvalue weighted by Crippen LogP contribution is 2.19. The Labute approximate surface area is 87.1 Å². The summed E-state index contributed by atoms with van der Waals surface area (Å²) in [5.41, 5.74) is 6.69. The summed E-state index contributed by atoms with van der Waals surface area (Å²) >= 11 is 2.06. The molecule has 0 atom stereocenters. The Bertz CT molecular complexity index is 343. The van der Waals surface area contributed by atoms with E-state index in [1.54, 1.807) is 12.1 Å². The monoisotopic (exact) mass is 291 g/mol. The zero-order valence-corrected chi connectivity index (χ0v) is 9.02. The van der Waals surface area contributed by atoms with Gasteiger partial charge in [-0.1, -0.05) is 5.92 Å². The highest BCUT2D eigenvalue weighted by Gasteiger charge is 1.96. The molecule has 3 N–H and O–H groups in total. The molecule has 0 aliphatic heterocycles. The standard InChI is InChI=1S/C8H6INOS/c9-12-4-3-6-5-7(10)1-2-8(6)11/h1-2,5,11H,10H2. The largest absolute Gasteiger partial charge is 0.507 e. The van der Waals surface area contributed by atoms with Crippen LogP contribution in [-0.4, -0.2) is 5.11 Å². The molecule has 0 saturated carbocycles. The van der Waals surface area contributed by atoms with Gasteiger partial charge >= 0.3 is 0 Å². The van der Waals surface area contributed by atoms with Crippen LogP contribution < -0.4 is 5.73 Å². The molecule has 0 radical (unpaired) electrons. The second-order valence-electron chi connectivity index (χ2n) is 2.08. The number of rotatable bonds is 0. The van der Waals surface area contributed by atoms with Crippen molar-refractivity contribution in [1.82, 2.24) is 0 Å². The molecule has 0 saturated heterocycles. The first-order valence-electron chi connectivity index (χ1n) is 3.11. The summed E-state index contributed by atoms with van der Waals surface area (Å²) in [5, 5.41) is 12.1. The predicted octanol–water partition coefficient (Wildman–Crippen LogP) is 2.37. The molecule has 0 aliphatic carbocycles. The Morgan fingerprint density at radius 1 is 1.50 bits per heavy atom. The summed E-state index contributed by atoms with van der Waals surface area (Å²) in [7, 11) is 1.37. The predicted molar refractivity (Wildman–Crippen MR) is 61.0 cm³/mol. The fourth-order valence-electron chi connectivity index (χ4n) is 0.728. The maximum Gasteiger partial charge on any atom is 0.131 e. The van der Waals surface area contributed by atoms with E-state index in [0.717, 1.165) is 0 Å². The van der Waals surface area contributed by atoms with Crippen molar-refractivity contribution in [3.8, 4) is 16.9 Å². The van der Waals surface area contributed by atoms with Crippen LogP contribution >= 0.6 is 30.1 Å². The second-order valence-corrected chi connectivity index (χ2v) is 3.76. The molecule has 0 bridgehead atoms. The molecule has 0 aliphatic rings. The maximum atomic E-state index is 9.29. The van der Waals surface area contributed by atoms with E-state index in [0.29, 0.717) is 11.3 Å². The topological polar surface area (TPSA) is 46.2 Å². The second kappa shape index (κ2) is 4.48. The molecular formula is C8H6INOS. The molecule has 12 heavy (non-hydrogen) atoms. The molecular weight excluding hydrogens is 285 g/mol. The summed E-state index contributed by atoms with van der Waals surface area (Å²) in [4.78, 5) is 0. The van der Waals surface area contributed by atoms with Gasteiger partial charge in [0.2, 0.25) is 0 Å². The Morgan fingerprint density at radius 3 is 2.92 bits per heavy atom. The van der Waals surface area contributed by atoms with Crippen LogP contribution in [0.1, 0.15) is 5.56 Å². The first-order chi connectivity index (χ1) is 5.74. The number of benzene rings is 1. The minimum absolute atomic E-state index is 0.169. The number of halogens is 1. The minimum Gasteiger partial charge on any atom is -0.507 e. The van der Waals surface area contributed by atoms with Gasteiger partial charge in [0, 0.05) is 26.9 Å². The number of phenolic OH excluding ortho intramolecular Hbond substituents is 1. The number of aromatic hydroxyl groups is 1. The molecule has 0 spiro atoms. The van der Waals surface area contributed by atoms with Gasteiger partial charge in [-0.15, -0.1) is 0 Å². The number of phenols is 1. The normalized spacial score (nSPS) is 8.75. The molecule has 0 amide bonds. The SMILES string of the molecule is Nc1ccc(O)c(C#CSI)c1. The lowest BCUT2D eigenvalue weighted by molar-refractivity contribution is 0.474. The van der Waals surface area contributed by atoms with Gasteiger partial charge in [-0.3, -0.25) is 0 Å². The number of nitrogens with two attached hydrogens (primary N) is 1. The van der Waals surface area contributed by atoms with E-state index < -0.39 is 0 Å². The van der Waals surface area contributed by atoms with E-state index in [-0.39, 0.29) is 5.75 Å². The van der Waals surface area contributed by atoms with Crippen LogP contribution in [0.15, 0.2) is 18.2 Å². The first kappa shape index (κ1) is 9.55. The van der Waals surface area contributed by atoms with Crippen LogP contribution in [-0.2, 0) is 0 Å². The fraction of sp³-hybridized carbons (Fsp3) is 0. The number of anilines is 1. The van der Waals surface area contributed by atoms with Crippen LogP contribution in [0.2, 0.25) is 0 Å². The smallest absolute Gasteiger partial charge is 0.131 e. The number of nitrogen functional groups attached to an aromatic ring is 1. The molecule has 0 heterocycles. The zero-order valence-electron chi connectivity index (χ0n) is 6.04. The van der Waals surface area contributed by atoms with Crippen molar-refractivity contribution in [3.05, 3.63) is 23.8 Å². The third kappa shape index (κ3) is 2.50. The van der Waals surface area contributed by atoms with Crippen molar-refractivity contribution in [2.24, 2.45) is 0 Å². The third-order valence-corrected chi connectivity index (χ3v) is 2.08. The van der Waals surface area contributed by atoms with Crippen molar-refractivity contribution >= 4 is 35.8 Å². The molecule has 0 unspecified atom stereocenters. The fourth-order valence-corrected chi connectivity index (χ4v) is 1.21. The van der Waals surface area contributed by atoms with Gasteiger partial charge in [0.15, 0.2) is 0 Å². The molecule has 2 nitrogen and oxygen atoms in total. The molecule has 1 aromatic carbocycles. The summed E-state index contributed by atoms with van der Waals surface area (Å²) < 4.78 is 0. The summed E-state index contributed by atoms with van der Waals surface area (Å²) in [6.07, 6.45) is 0. The summed E-state index contributed by atoms with van der Waals surface area (Å²) in [6, 6.07) is 4.82. The van der Waals surface area contributed by atoms with E-state index in [9.17, 15) is 5.11 Å². The van der Waals surface area contributed by atoms with Gasteiger partial charge < -0.3 is 10.8 Å². The van der Waals surface area contributed by atoms with Gasteiger partial charge in [0.25, 0.3) is 0 Å². The molecule has 62 valence electrons. The first-order valence-corrected chi connectivity index (χ1v) is 6.47. The van der Waals surface area contributed by atoms with Gasteiger partial charge in [0.05, 0.1) is 5.56 Å². The minimum atomic E-state index is 0.169. The lowest BCUT2D eigenvalue weighted by Crippen LogP contribution is -1.85. The number of hydrogen-bond donors (Lipinski definition) is 2. The van der Waals surface area contributed by atoms with Crippen LogP contribution in [0.5, 0.6) is 5.75 Å². The van der Waals surface area contributed by atoms with E-state index in [4.69, 9.17) is 5.73 Å². The third-order valence-electron chi connectivity index (χ3n) is 1.24. The molecule has 1 rings (SSSR count). The van der Waals surface area contributed by atoms with Crippen LogP contribution in [0, 0.1) is 11.2 Å². The van der Waals surface area contributed by atoms with Crippen LogP contribution in [0.3, 0.4) is 0 Å². The Hall–Kier alpha value is -0.540. The van der Waals surface area contributed by atoms with Crippen molar-refractivity contribution in [1.29, 1.82) is 0 Å². The lowest BCUT2D eigenvalue weighted by Gasteiger charge is -1.96. The van der Waals surface area contributed by atoms with Crippen LogP contribution in [0.25, 0.3) is 0 Å². The van der Waals surface area contributed by atoms with Crippen molar-refractivity contribution in [3.63, 3.8) is 0 Å². The van der Waals surface area contributed by atoms with Crippen molar-refractivity contribution < 1.29 is 5.11 Å². The highest BCUT2D eigenvalue weighted by molar-refractivity contribution is 14.2. The van der Waals surface area contributed by atoms with Gasteiger partial charge in [-0.05, 0) is 32.4 Å². The average molecular weight is 291 g/mol. The zero-order chi connectivity index (χ0) is 8.97. The molecule has 0 fully saturated rings. The Kier molecular flexibility index (Phi) is 3.56. The summed E-state index contributed by atoms with van der Waals surface area (Å²) in [5.74, 6) is 2.95. The van der Waals surface area contributed by atoms with Crippen molar-refractivity contribution in [2.45, 2.75) is 0 Å². The van der Waals surface area contributed by atoms with E-state index in [1.165, 1.54) is 15.0 Å². The van der Waals surface area contributed by atoms with Gasteiger partial charge in [-0.2, -0.15) is 0 Å². The van der Waals surface area contributed by atoms with Crippen LogP contribution in [0.4, 0.5) is 5.69 Å². The molecule has 1 aromatic rings. The van der Waals surface area contributed by atoms with E-state index >= 15 is 0 Å². The maximum absolute atomic E-state index is 9.29. The highest BCUT2D eigenvalue weighted by atomic mass is 127. The van der Waals surface area contributed by atoms with E-state index in [2.05, 4.69) is 32.4 Å². The van der Waals surface area contributed by atoms with Gasteiger partial charge in [0.1, 0.15) is 5.75 Å². The quantitative estimate of drug-likeness (QED) is 0.334. The van der Waals surface area contributed by atoms with Gasteiger partial charge in [-0.25, -0.2) is 0 Å². The lowest BCUT2D eigenvalue weighted by atomic mass is 10.2. The summed E-state index contributed by atoms with van der Waals surface area (Å²) in [6.45, 7) is 0. The Balaban J connectivity index is 3.05. The molecule has 4 heteroatoms. The average Bonchev–Trinajstić information content (AvgIpc) is 2.07. The van der Waals surface area contributed by atoms with Crippen molar-refractivity contribution in [2.75, 3.05) is 5.73 Å². The van der Waals surface area contributed by atoms with E-state index in [1.807, 2.05) is 0 Å².